The maximum absolute atomic E-state index is 11.9. The highest BCUT2D eigenvalue weighted by Crippen LogP contribution is 2.30. The molecular weight excluding hydrogens is 384 g/mol. The third-order valence-corrected chi connectivity index (χ3v) is 3.77. The minimum Gasteiger partial charge on any atom is -0.465 e. The number of carbonyl (C=O) groups excluding carboxylic acids is 2. The zero-order chi connectivity index (χ0) is 21.0. The summed E-state index contributed by atoms with van der Waals surface area (Å²) >= 11 is 0. The number of hydrogen-bond donors (Lipinski definition) is 1. The third-order valence-electron chi connectivity index (χ3n) is 3.77. The molecule has 3 aromatic rings. The molecule has 0 spiro atoms. The Morgan fingerprint density at radius 1 is 1.10 bits per heavy atom. The lowest BCUT2D eigenvalue weighted by atomic mass is 10.1. The molecule has 1 aromatic carbocycles. The van der Waals surface area contributed by atoms with Crippen molar-refractivity contribution >= 4 is 29.1 Å². The topological polar surface area (TPSA) is 151 Å². The van der Waals surface area contributed by atoms with Gasteiger partial charge in [0.25, 0.3) is 0 Å². The lowest BCUT2D eigenvalue weighted by molar-refractivity contribution is -0.384. The van der Waals surface area contributed by atoms with Gasteiger partial charge in [-0.15, -0.1) is 0 Å². The smallest absolute Gasteiger partial charge is 0.354 e. The van der Waals surface area contributed by atoms with Gasteiger partial charge in [-0.3, -0.25) is 14.7 Å². The fourth-order valence-electron chi connectivity index (χ4n) is 2.51. The van der Waals surface area contributed by atoms with Crippen LogP contribution >= 0.6 is 0 Å². The van der Waals surface area contributed by atoms with Crippen LogP contribution in [0.25, 0.3) is 5.82 Å². The predicted octanol–water partition coefficient (Wildman–Crippen LogP) is 1.89. The lowest BCUT2D eigenvalue weighted by Gasteiger charge is -2.11. The van der Waals surface area contributed by atoms with Gasteiger partial charge in [0.15, 0.2) is 0 Å². The van der Waals surface area contributed by atoms with Crippen LogP contribution in [-0.2, 0) is 9.47 Å². The van der Waals surface area contributed by atoms with Gasteiger partial charge in [-0.2, -0.15) is 0 Å². The van der Waals surface area contributed by atoms with Gasteiger partial charge in [0.05, 0.1) is 30.3 Å². The van der Waals surface area contributed by atoms with Gasteiger partial charge >= 0.3 is 17.6 Å². The first-order valence-corrected chi connectivity index (χ1v) is 8.01. The fourth-order valence-corrected chi connectivity index (χ4v) is 2.51. The number of nitrogens with zero attached hydrogens (tertiary/aromatic N) is 5. The number of esters is 2. The zero-order valence-corrected chi connectivity index (χ0v) is 15.2. The molecular formula is C17H14N6O6. The van der Waals surface area contributed by atoms with Crippen molar-refractivity contribution in [2.24, 2.45) is 0 Å². The van der Waals surface area contributed by atoms with Crippen LogP contribution in [0, 0.1) is 10.1 Å². The highest BCUT2D eigenvalue weighted by atomic mass is 16.6. The highest BCUT2D eigenvalue weighted by Gasteiger charge is 2.25. The fraction of sp³-hybridized carbons (Fsp3) is 0.118. The van der Waals surface area contributed by atoms with Crippen LogP contribution in [-0.4, -0.2) is 50.6 Å². The van der Waals surface area contributed by atoms with Crippen molar-refractivity contribution in [2.75, 3.05) is 19.5 Å². The summed E-state index contributed by atoms with van der Waals surface area (Å²) < 4.78 is 10.7. The van der Waals surface area contributed by atoms with E-state index in [1.54, 1.807) is 0 Å². The van der Waals surface area contributed by atoms with Gasteiger partial charge in [0.1, 0.15) is 12.7 Å². The molecule has 0 radical (unpaired) electrons. The van der Waals surface area contributed by atoms with Crippen molar-refractivity contribution in [3.63, 3.8) is 0 Å². The van der Waals surface area contributed by atoms with Crippen LogP contribution in [0.3, 0.4) is 0 Å². The van der Waals surface area contributed by atoms with Crippen LogP contribution in [0.2, 0.25) is 0 Å². The number of rotatable bonds is 6. The second-order valence-corrected chi connectivity index (χ2v) is 5.53. The average Bonchev–Trinajstić information content (AvgIpc) is 3.26. The van der Waals surface area contributed by atoms with E-state index in [0.717, 1.165) is 6.33 Å². The predicted molar refractivity (Wildman–Crippen MR) is 98.2 cm³/mol. The van der Waals surface area contributed by atoms with Crippen molar-refractivity contribution in [2.45, 2.75) is 0 Å². The second kappa shape index (κ2) is 8.12. The summed E-state index contributed by atoms with van der Waals surface area (Å²) in [5.41, 5.74) is -0.144. The van der Waals surface area contributed by atoms with Gasteiger partial charge in [0, 0.05) is 18.1 Å². The van der Waals surface area contributed by atoms with Crippen LogP contribution in [0.15, 0.2) is 43.2 Å². The number of nitro groups is 1. The number of ether oxygens (including phenoxy) is 2. The Labute approximate surface area is 163 Å². The quantitative estimate of drug-likeness (QED) is 0.370. The Kier molecular flexibility index (Phi) is 5.44. The lowest BCUT2D eigenvalue weighted by Crippen LogP contribution is -2.10. The Bertz CT molecular complexity index is 1050. The zero-order valence-electron chi connectivity index (χ0n) is 15.2. The van der Waals surface area contributed by atoms with E-state index < -0.39 is 22.5 Å². The molecule has 0 fully saturated rings. The van der Waals surface area contributed by atoms with Crippen molar-refractivity contribution < 1.29 is 24.0 Å². The molecule has 0 aliphatic rings. The molecule has 12 nitrogen and oxygen atoms in total. The Morgan fingerprint density at radius 3 is 2.28 bits per heavy atom. The molecule has 0 saturated heterocycles. The minimum absolute atomic E-state index is 0.0117. The van der Waals surface area contributed by atoms with Crippen LogP contribution < -0.4 is 5.32 Å². The van der Waals surface area contributed by atoms with Crippen molar-refractivity contribution in [1.82, 2.24) is 19.5 Å². The summed E-state index contributed by atoms with van der Waals surface area (Å²) in [5.74, 6) is -1.56. The van der Waals surface area contributed by atoms with Gasteiger partial charge in [-0.25, -0.2) is 24.5 Å². The average molecular weight is 398 g/mol. The van der Waals surface area contributed by atoms with E-state index >= 15 is 0 Å². The van der Waals surface area contributed by atoms with E-state index in [1.807, 2.05) is 0 Å². The molecule has 0 aliphatic carbocycles. The number of benzene rings is 1. The van der Waals surface area contributed by atoms with Gasteiger partial charge < -0.3 is 14.8 Å². The highest BCUT2D eigenvalue weighted by molar-refractivity contribution is 5.97. The Balaban J connectivity index is 2.10. The molecule has 148 valence electrons. The molecule has 29 heavy (non-hydrogen) atoms. The Hall–Kier alpha value is -4.35. The molecule has 0 unspecified atom stereocenters. The summed E-state index contributed by atoms with van der Waals surface area (Å²) in [4.78, 5) is 46.6. The summed E-state index contributed by atoms with van der Waals surface area (Å²) in [6, 6.07) is 4.01. The number of aromatic nitrogens is 4. The van der Waals surface area contributed by atoms with E-state index in [2.05, 4.69) is 29.7 Å². The van der Waals surface area contributed by atoms with Gasteiger partial charge in [0.2, 0.25) is 11.6 Å². The number of nitrogens with one attached hydrogen (secondary N) is 1. The number of carbonyl (C=O) groups is 2. The van der Waals surface area contributed by atoms with Crippen LogP contribution in [0.4, 0.5) is 17.2 Å². The normalized spacial score (nSPS) is 10.3. The van der Waals surface area contributed by atoms with Crippen molar-refractivity contribution in [1.29, 1.82) is 0 Å². The summed E-state index contributed by atoms with van der Waals surface area (Å²) in [6.45, 7) is 0. The molecule has 3 rings (SSSR count). The SMILES string of the molecule is COC(=O)c1cc(Nc2ncnc(-n3ccnc3)c2[N+](=O)[O-])cc(C(=O)OC)c1. The molecule has 0 bridgehead atoms. The summed E-state index contributed by atoms with van der Waals surface area (Å²) in [7, 11) is 2.37. The molecule has 0 amide bonds. The molecule has 2 aromatic heterocycles. The first kappa shape index (κ1) is 19.4. The number of imidazole rings is 1. The largest absolute Gasteiger partial charge is 0.465 e. The van der Waals surface area contributed by atoms with E-state index in [9.17, 15) is 19.7 Å². The monoisotopic (exact) mass is 398 g/mol. The summed E-state index contributed by atoms with van der Waals surface area (Å²) in [6.07, 6.45) is 5.43. The van der Waals surface area contributed by atoms with E-state index in [-0.39, 0.29) is 28.5 Å². The van der Waals surface area contributed by atoms with E-state index in [4.69, 9.17) is 0 Å². The molecule has 0 atom stereocenters. The van der Waals surface area contributed by atoms with E-state index in [1.165, 1.54) is 55.7 Å². The maximum Gasteiger partial charge on any atom is 0.354 e. The molecule has 0 saturated carbocycles. The number of anilines is 2. The number of hydrogen-bond acceptors (Lipinski definition) is 10. The maximum atomic E-state index is 11.9. The molecule has 0 aliphatic heterocycles. The standard InChI is InChI=1S/C17H14N6O6/c1-28-16(24)10-5-11(17(25)29-2)7-12(6-10)21-14-13(23(26)27)15(20-8-19-14)22-4-3-18-9-22/h3-9H,1-2H3,(H,19,20,21). The minimum atomic E-state index is -0.699. The van der Waals surface area contributed by atoms with E-state index in [0.29, 0.717) is 0 Å². The summed E-state index contributed by atoms with van der Waals surface area (Å²) in [5, 5.41) is 14.4. The Morgan fingerprint density at radius 2 is 1.76 bits per heavy atom. The first-order chi connectivity index (χ1) is 13.9. The number of methoxy groups -OCH3 is 2. The van der Waals surface area contributed by atoms with Crippen LogP contribution in [0.1, 0.15) is 20.7 Å². The van der Waals surface area contributed by atoms with Crippen LogP contribution in [0.5, 0.6) is 0 Å². The first-order valence-electron chi connectivity index (χ1n) is 8.01. The van der Waals surface area contributed by atoms with Crippen molar-refractivity contribution in [3.05, 3.63) is 64.5 Å². The van der Waals surface area contributed by atoms with Gasteiger partial charge in [-0.05, 0) is 18.2 Å². The molecule has 2 heterocycles. The van der Waals surface area contributed by atoms with Crippen molar-refractivity contribution in [3.8, 4) is 5.82 Å². The second-order valence-electron chi connectivity index (χ2n) is 5.53. The molecule has 12 heteroatoms. The van der Waals surface area contributed by atoms with Gasteiger partial charge in [-0.1, -0.05) is 0 Å². The third kappa shape index (κ3) is 4.00. The molecule has 1 N–H and O–H groups in total.